The maximum absolute atomic E-state index is 14.4. The van der Waals surface area contributed by atoms with Crippen LogP contribution in [0, 0.1) is 12.7 Å². The number of aromatic nitrogens is 1. The molecule has 0 aliphatic heterocycles. The number of sulfonamides is 1. The smallest absolute Gasteiger partial charge is 0.252 e. The standard InChI is InChI=1S/C24H21FN2O3S/c1-17-8-7-11-19-14-20(24(28)26-23(17)19)16-27(15-18-9-3-2-4-10-18)31(29,30)22-13-6-5-12-21(22)25/h2-14H,15-16H2,1H3,(H,26,28). The van der Waals surface area contributed by atoms with Crippen LogP contribution in [0.3, 0.4) is 0 Å². The summed E-state index contributed by atoms with van der Waals surface area (Å²) in [5.74, 6) is -0.830. The first-order valence-electron chi connectivity index (χ1n) is 9.76. The Morgan fingerprint density at radius 3 is 2.35 bits per heavy atom. The van der Waals surface area contributed by atoms with Crippen LogP contribution in [0.5, 0.6) is 0 Å². The highest BCUT2D eigenvalue weighted by Crippen LogP contribution is 2.24. The van der Waals surface area contributed by atoms with E-state index in [-0.39, 0.29) is 24.2 Å². The molecule has 1 aromatic heterocycles. The maximum atomic E-state index is 14.4. The Balaban J connectivity index is 1.80. The normalized spacial score (nSPS) is 11.8. The Morgan fingerprint density at radius 1 is 0.903 bits per heavy atom. The van der Waals surface area contributed by atoms with Gasteiger partial charge in [0.05, 0.1) is 5.52 Å². The van der Waals surface area contributed by atoms with Crippen molar-refractivity contribution in [2.45, 2.75) is 24.9 Å². The van der Waals surface area contributed by atoms with E-state index in [0.29, 0.717) is 5.52 Å². The van der Waals surface area contributed by atoms with E-state index in [4.69, 9.17) is 0 Å². The third kappa shape index (κ3) is 4.28. The van der Waals surface area contributed by atoms with Crippen molar-refractivity contribution in [2.75, 3.05) is 0 Å². The molecule has 158 valence electrons. The van der Waals surface area contributed by atoms with Crippen molar-refractivity contribution in [2.24, 2.45) is 0 Å². The predicted octanol–water partition coefficient (Wildman–Crippen LogP) is 4.37. The number of halogens is 1. The monoisotopic (exact) mass is 436 g/mol. The van der Waals surface area contributed by atoms with Crippen molar-refractivity contribution in [3.63, 3.8) is 0 Å². The summed E-state index contributed by atoms with van der Waals surface area (Å²) in [4.78, 5) is 15.2. The number of hydrogen-bond acceptors (Lipinski definition) is 3. The fraction of sp³-hybridized carbons (Fsp3) is 0.125. The topological polar surface area (TPSA) is 70.2 Å². The fourth-order valence-corrected chi connectivity index (χ4v) is 5.01. The molecule has 1 N–H and O–H groups in total. The van der Waals surface area contributed by atoms with Crippen molar-refractivity contribution in [3.8, 4) is 0 Å². The highest BCUT2D eigenvalue weighted by atomic mass is 32.2. The molecule has 5 nitrogen and oxygen atoms in total. The number of aromatic amines is 1. The number of nitrogens with one attached hydrogen (secondary N) is 1. The van der Waals surface area contributed by atoms with E-state index in [9.17, 15) is 17.6 Å². The van der Waals surface area contributed by atoms with Gasteiger partial charge in [0.15, 0.2) is 0 Å². The Kier molecular flexibility index (Phi) is 5.71. The van der Waals surface area contributed by atoms with Crippen LogP contribution in [0.4, 0.5) is 4.39 Å². The number of H-pyrrole nitrogens is 1. The summed E-state index contributed by atoms with van der Waals surface area (Å²) < 4.78 is 42.2. The molecule has 0 atom stereocenters. The molecule has 0 bridgehead atoms. The van der Waals surface area contributed by atoms with E-state index in [1.807, 2.05) is 31.2 Å². The predicted molar refractivity (Wildman–Crippen MR) is 119 cm³/mol. The molecular formula is C24H21FN2O3S. The second-order valence-electron chi connectivity index (χ2n) is 7.35. The number of para-hydroxylation sites is 1. The first-order valence-corrected chi connectivity index (χ1v) is 11.2. The van der Waals surface area contributed by atoms with E-state index < -0.39 is 20.7 Å². The molecule has 0 unspecified atom stereocenters. The van der Waals surface area contributed by atoms with Crippen LogP contribution in [0.1, 0.15) is 16.7 Å². The second kappa shape index (κ2) is 8.45. The lowest BCUT2D eigenvalue weighted by Crippen LogP contribution is -2.33. The summed E-state index contributed by atoms with van der Waals surface area (Å²) in [7, 11) is -4.20. The van der Waals surface area contributed by atoms with Gasteiger partial charge in [0.25, 0.3) is 5.56 Å². The lowest BCUT2D eigenvalue weighted by Gasteiger charge is -2.22. The Bertz CT molecular complexity index is 1400. The first kappa shape index (κ1) is 21.0. The maximum Gasteiger partial charge on any atom is 0.252 e. The zero-order valence-corrected chi connectivity index (χ0v) is 17.7. The van der Waals surface area contributed by atoms with Crippen molar-refractivity contribution >= 4 is 20.9 Å². The Hall–Kier alpha value is -3.29. The largest absolute Gasteiger partial charge is 0.321 e. The SMILES string of the molecule is Cc1cccc2cc(CN(Cc3ccccc3)S(=O)(=O)c3ccccc3F)c(=O)[nH]c12. The summed E-state index contributed by atoms with van der Waals surface area (Å²) in [6, 6.07) is 21.6. The van der Waals surface area contributed by atoms with E-state index in [1.165, 1.54) is 18.2 Å². The minimum Gasteiger partial charge on any atom is -0.321 e. The van der Waals surface area contributed by atoms with Gasteiger partial charge in [0.1, 0.15) is 10.7 Å². The summed E-state index contributed by atoms with van der Waals surface area (Å²) >= 11 is 0. The van der Waals surface area contributed by atoms with Gasteiger partial charge >= 0.3 is 0 Å². The average Bonchev–Trinajstić information content (AvgIpc) is 2.75. The summed E-state index contributed by atoms with van der Waals surface area (Å²) in [5.41, 5.74) is 2.28. The first-order chi connectivity index (χ1) is 14.9. The second-order valence-corrected chi connectivity index (χ2v) is 9.26. The highest BCUT2D eigenvalue weighted by molar-refractivity contribution is 7.89. The van der Waals surface area contributed by atoms with Gasteiger partial charge in [0.2, 0.25) is 10.0 Å². The molecule has 0 fully saturated rings. The number of rotatable bonds is 6. The Morgan fingerprint density at radius 2 is 1.61 bits per heavy atom. The third-order valence-electron chi connectivity index (χ3n) is 5.17. The minimum atomic E-state index is -4.20. The van der Waals surface area contributed by atoms with Gasteiger partial charge in [-0.1, -0.05) is 60.7 Å². The number of aryl methyl sites for hydroxylation is 1. The van der Waals surface area contributed by atoms with Crippen molar-refractivity contribution in [3.05, 3.63) is 112 Å². The molecular weight excluding hydrogens is 415 g/mol. The molecule has 0 aliphatic carbocycles. The van der Waals surface area contributed by atoms with Crippen LogP contribution in [-0.2, 0) is 23.1 Å². The molecule has 0 amide bonds. The summed E-state index contributed by atoms with van der Waals surface area (Å²) in [6.45, 7) is 1.70. The van der Waals surface area contributed by atoms with Crippen LogP contribution in [-0.4, -0.2) is 17.7 Å². The average molecular weight is 437 g/mol. The van der Waals surface area contributed by atoms with Gasteiger partial charge < -0.3 is 4.98 Å². The van der Waals surface area contributed by atoms with E-state index in [0.717, 1.165) is 26.9 Å². The molecule has 0 saturated carbocycles. The minimum absolute atomic E-state index is 0.00278. The number of nitrogens with zero attached hydrogens (tertiary/aromatic N) is 1. The number of pyridine rings is 1. The van der Waals surface area contributed by atoms with Gasteiger partial charge in [-0.15, -0.1) is 0 Å². The highest BCUT2D eigenvalue weighted by Gasteiger charge is 2.28. The fourth-order valence-electron chi connectivity index (χ4n) is 3.54. The zero-order chi connectivity index (χ0) is 22.0. The number of fused-ring (bicyclic) bond motifs is 1. The summed E-state index contributed by atoms with van der Waals surface area (Å²) in [6.07, 6.45) is 0. The van der Waals surface area contributed by atoms with Crippen LogP contribution >= 0.6 is 0 Å². The molecule has 0 spiro atoms. The van der Waals surface area contributed by atoms with Crippen LogP contribution in [0.25, 0.3) is 10.9 Å². The molecule has 1 heterocycles. The molecule has 0 radical (unpaired) electrons. The third-order valence-corrected chi connectivity index (χ3v) is 6.99. The van der Waals surface area contributed by atoms with Gasteiger partial charge in [0, 0.05) is 18.7 Å². The van der Waals surface area contributed by atoms with E-state index in [2.05, 4.69) is 4.98 Å². The Labute approximate surface area is 179 Å². The molecule has 7 heteroatoms. The molecule has 3 aromatic carbocycles. The van der Waals surface area contributed by atoms with E-state index >= 15 is 0 Å². The van der Waals surface area contributed by atoms with Crippen molar-refractivity contribution in [1.29, 1.82) is 0 Å². The van der Waals surface area contributed by atoms with Crippen LogP contribution in [0.15, 0.2) is 88.6 Å². The zero-order valence-electron chi connectivity index (χ0n) is 16.9. The van der Waals surface area contributed by atoms with Gasteiger partial charge in [-0.3, -0.25) is 4.79 Å². The molecule has 4 aromatic rings. The van der Waals surface area contributed by atoms with Crippen molar-refractivity contribution in [1.82, 2.24) is 9.29 Å². The molecule has 0 aliphatic rings. The van der Waals surface area contributed by atoms with Gasteiger partial charge in [-0.05, 0) is 41.6 Å². The van der Waals surface area contributed by atoms with Crippen molar-refractivity contribution < 1.29 is 12.8 Å². The summed E-state index contributed by atoms with van der Waals surface area (Å²) in [5, 5.41) is 0.803. The van der Waals surface area contributed by atoms with Crippen LogP contribution < -0.4 is 5.56 Å². The number of benzene rings is 3. The quantitative estimate of drug-likeness (QED) is 0.488. The van der Waals surface area contributed by atoms with Crippen LogP contribution in [0.2, 0.25) is 0 Å². The van der Waals surface area contributed by atoms with Gasteiger partial charge in [-0.25, -0.2) is 12.8 Å². The lowest BCUT2D eigenvalue weighted by atomic mass is 10.1. The lowest BCUT2D eigenvalue weighted by molar-refractivity contribution is 0.396. The van der Waals surface area contributed by atoms with Gasteiger partial charge in [-0.2, -0.15) is 4.31 Å². The number of hydrogen-bond donors (Lipinski definition) is 1. The molecule has 4 rings (SSSR count). The molecule has 31 heavy (non-hydrogen) atoms. The molecule has 0 saturated heterocycles. The van der Waals surface area contributed by atoms with E-state index in [1.54, 1.807) is 30.3 Å².